The van der Waals surface area contributed by atoms with Crippen LogP contribution in [0.3, 0.4) is 0 Å². The Bertz CT molecular complexity index is 805. The van der Waals surface area contributed by atoms with Gasteiger partial charge in [0, 0.05) is 13.1 Å². The van der Waals surface area contributed by atoms with E-state index < -0.39 is 11.4 Å². The van der Waals surface area contributed by atoms with Crippen molar-refractivity contribution in [3.8, 4) is 11.4 Å². The van der Waals surface area contributed by atoms with Gasteiger partial charge in [-0.25, -0.2) is 14.2 Å². The molecule has 2 N–H and O–H groups in total. The molecule has 0 radical (unpaired) electrons. The number of hydrogen-bond acceptors (Lipinski definition) is 3. The van der Waals surface area contributed by atoms with Crippen LogP contribution in [0.2, 0.25) is 0 Å². The van der Waals surface area contributed by atoms with E-state index in [1.54, 1.807) is 24.3 Å². The number of aromatic nitrogens is 3. The van der Waals surface area contributed by atoms with Crippen LogP contribution in [-0.4, -0.2) is 20.5 Å². The van der Waals surface area contributed by atoms with Crippen LogP contribution in [0.4, 0.5) is 0 Å². The van der Waals surface area contributed by atoms with E-state index in [0.29, 0.717) is 11.4 Å². The van der Waals surface area contributed by atoms with E-state index in [4.69, 9.17) is 5.73 Å². The maximum Gasteiger partial charge on any atom is 0.352 e. The number of benzene rings is 2. The van der Waals surface area contributed by atoms with E-state index in [2.05, 4.69) is 0 Å². The second kappa shape index (κ2) is 5.87. The SMILES string of the molecule is NCCn1c(=O)n(-c2ccccc2)n(-c2ccccc2)c1=O. The number of rotatable bonds is 4. The van der Waals surface area contributed by atoms with Gasteiger partial charge in [0.2, 0.25) is 0 Å². The maximum atomic E-state index is 12.6. The summed E-state index contributed by atoms with van der Waals surface area (Å²) in [6, 6.07) is 18.1. The first-order valence-corrected chi connectivity index (χ1v) is 7.00. The molecular formula is C16H16N4O2. The Morgan fingerprint density at radius 3 is 1.50 bits per heavy atom. The molecule has 0 spiro atoms. The fraction of sp³-hybridized carbons (Fsp3) is 0.125. The van der Waals surface area contributed by atoms with Crippen LogP contribution < -0.4 is 17.1 Å². The third-order valence-corrected chi connectivity index (χ3v) is 3.38. The fourth-order valence-corrected chi connectivity index (χ4v) is 2.39. The number of para-hydroxylation sites is 2. The van der Waals surface area contributed by atoms with Gasteiger partial charge in [0.1, 0.15) is 0 Å². The summed E-state index contributed by atoms with van der Waals surface area (Å²) >= 11 is 0. The third-order valence-electron chi connectivity index (χ3n) is 3.38. The summed E-state index contributed by atoms with van der Waals surface area (Å²) in [5.41, 5.74) is 5.98. The van der Waals surface area contributed by atoms with Crippen LogP contribution in [0.1, 0.15) is 0 Å². The lowest BCUT2D eigenvalue weighted by molar-refractivity contribution is 0.654. The second-order valence-corrected chi connectivity index (χ2v) is 4.80. The molecule has 0 amide bonds. The summed E-state index contributed by atoms with van der Waals surface area (Å²) in [5, 5.41) is 0. The van der Waals surface area contributed by atoms with Crippen LogP contribution in [0.15, 0.2) is 70.3 Å². The van der Waals surface area contributed by atoms with E-state index in [1.165, 1.54) is 9.36 Å². The zero-order valence-corrected chi connectivity index (χ0v) is 11.9. The van der Waals surface area contributed by atoms with Crippen molar-refractivity contribution < 1.29 is 0 Å². The van der Waals surface area contributed by atoms with E-state index in [9.17, 15) is 9.59 Å². The summed E-state index contributed by atoms with van der Waals surface area (Å²) in [7, 11) is 0. The molecule has 3 rings (SSSR count). The van der Waals surface area contributed by atoms with Gasteiger partial charge < -0.3 is 5.73 Å². The molecule has 0 aliphatic carbocycles. The molecule has 112 valence electrons. The van der Waals surface area contributed by atoms with E-state index >= 15 is 0 Å². The van der Waals surface area contributed by atoms with Gasteiger partial charge in [-0.2, -0.15) is 9.36 Å². The van der Waals surface area contributed by atoms with Crippen molar-refractivity contribution in [3.63, 3.8) is 0 Å². The standard InChI is InChI=1S/C16H16N4O2/c17-11-12-18-15(21)19(13-7-3-1-4-8-13)20(16(18)22)14-9-5-2-6-10-14/h1-10H,11-12,17H2. The molecule has 22 heavy (non-hydrogen) atoms. The lowest BCUT2D eigenvalue weighted by Gasteiger charge is -2.08. The Labute approximate surface area is 126 Å². The first kappa shape index (κ1) is 14.1. The molecule has 1 heterocycles. The summed E-state index contributed by atoms with van der Waals surface area (Å²) < 4.78 is 3.89. The Kier molecular flexibility index (Phi) is 3.76. The summed E-state index contributed by atoms with van der Waals surface area (Å²) in [5.74, 6) is 0. The quantitative estimate of drug-likeness (QED) is 0.772. The molecule has 6 nitrogen and oxygen atoms in total. The highest BCUT2D eigenvalue weighted by Gasteiger charge is 2.17. The molecule has 2 aromatic carbocycles. The van der Waals surface area contributed by atoms with Crippen molar-refractivity contribution >= 4 is 0 Å². The normalized spacial score (nSPS) is 10.8. The van der Waals surface area contributed by atoms with Crippen molar-refractivity contribution in [1.82, 2.24) is 13.9 Å². The highest BCUT2D eigenvalue weighted by molar-refractivity contribution is 5.35. The molecule has 0 aliphatic heterocycles. The minimum Gasteiger partial charge on any atom is -0.329 e. The molecule has 0 aliphatic rings. The van der Waals surface area contributed by atoms with Crippen molar-refractivity contribution in [3.05, 3.63) is 81.6 Å². The largest absolute Gasteiger partial charge is 0.352 e. The highest BCUT2D eigenvalue weighted by Crippen LogP contribution is 2.08. The molecule has 3 aromatic rings. The monoisotopic (exact) mass is 296 g/mol. The predicted molar refractivity (Wildman–Crippen MR) is 84.7 cm³/mol. The van der Waals surface area contributed by atoms with Gasteiger partial charge in [-0.1, -0.05) is 36.4 Å². The third kappa shape index (κ3) is 2.29. The predicted octanol–water partition coefficient (Wildman–Crippen LogP) is 0.749. The molecule has 0 atom stereocenters. The van der Waals surface area contributed by atoms with Gasteiger partial charge in [-0.05, 0) is 24.3 Å². The van der Waals surface area contributed by atoms with Gasteiger partial charge in [0.05, 0.1) is 11.4 Å². The Balaban J connectivity index is 2.35. The molecule has 0 saturated heterocycles. The van der Waals surface area contributed by atoms with E-state index in [0.717, 1.165) is 4.57 Å². The van der Waals surface area contributed by atoms with Gasteiger partial charge in [0.15, 0.2) is 0 Å². The van der Waals surface area contributed by atoms with Crippen LogP contribution in [-0.2, 0) is 6.54 Å². The van der Waals surface area contributed by atoms with Gasteiger partial charge in [-0.3, -0.25) is 0 Å². The van der Waals surface area contributed by atoms with E-state index in [-0.39, 0.29) is 13.1 Å². The van der Waals surface area contributed by atoms with Crippen LogP contribution >= 0.6 is 0 Å². The summed E-state index contributed by atoms with van der Waals surface area (Å²) in [6.07, 6.45) is 0. The van der Waals surface area contributed by atoms with Gasteiger partial charge in [0.25, 0.3) is 0 Å². The Morgan fingerprint density at radius 2 is 1.14 bits per heavy atom. The van der Waals surface area contributed by atoms with Crippen LogP contribution in [0, 0.1) is 0 Å². The Hall–Kier alpha value is -2.86. The zero-order chi connectivity index (χ0) is 15.5. The molecule has 0 unspecified atom stereocenters. The molecule has 0 saturated carbocycles. The number of nitrogens with zero attached hydrogens (tertiary/aromatic N) is 3. The minimum absolute atomic E-state index is 0.185. The second-order valence-electron chi connectivity index (χ2n) is 4.80. The summed E-state index contributed by atoms with van der Waals surface area (Å²) in [4.78, 5) is 25.2. The topological polar surface area (TPSA) is 74.9 Å². The van der Waals surface area contributed by atoms with Gasteiger partial charge in [-0.15, -0.1) is 0 Å². The first-order valence-electron chi connectivity index (χ1n) is 7.00. The lowest BCUT2D eigenvalue weighted by atomic mass is 10.3. The number of hydrogen-bond donors (Lipinski definition) is 1. The van der Waals surface area contributed by atoms with Crippen molar-refractivity contribution in [1.29, 1.82) is 0 Å². The number of nitrogens with two attached hydrogens (primary N) is 1. The highest BCUT2D eigenvalue weighted by atomic mass is 16.2. The molecule has 0 fully saturated rings. The van der Waals surface area contributed by atoms with Crippen molar-refractivity contribution in [2.75, 3.05) is 6.54 Å². The maximum absolute atomic E-state index is 12.6. The van der Waals surface area contributed by atoms with E-state index in [1.807, 2.05) is 36.4 Å². The van der Waals surface area contributed by atoms with Crippen LogP contribution in [0.25, 0.3) is 11.4 Å². The van der Waals surface area contributed by atoms with Gasteiger partial charge >= 0.3 is 11.4 Å². The molecule has 0 bridgehead atoms. The summed E-state index contributed by atoms with van der Waals surface area (Å²) in [6.45, 7) is 0.410. The molecular weight excluding hydrogens is 280 g/mol. The fourth-order valence-electron chi connectivity index (χ4n) is 2.39. The first-order chi connectivity index (χ1) is 10.7. The Morgan fingerprint density at radius 1 is 0.727 bits per heavy atom. The zero-order valence-electron chi connectivity index (χ0n) is 11.9. The average Bonchev–Trinajstić information content (AvgIpc) is 2.81. The van der Waals surface area contributed by atoms with Crippen molar-refractivity contribution in [2.24, 2.45) is 5.73 Å². The molecule has 1 aromatic heterocycles. The van der Waals surface area contributed by atoms with Crippen LogP contribution in [0.5, 0.6) is 0 Å². The smallest absolute Gasteiger partial charge is 0.329 e. The average molecular weight is 296 g/mol. The molecule has 6 heteroatoms. The lowest BCUT2D eigenvalue weighted by Crippen LogP contribution is -2.31. The minimum atomic E-state index is -0.398. The van der Waals surface area contributed by atoms with Crippen molar-refractivity contribution in [2.45, 2.75) is 6.54 Å².